The van der Waals surface area contributed by atoms with Crippen LogP contribution in [0.5, 0.6) is 0 Å². The van der Waals surface area contributed by atoms with Gasteiger partial charge in [-0.1, -0.05) is 44.9 Å². The molecule has 0 heterocycles. The molecule has 0 bridgehead atoms. The van der Waals surface area contributed by atoms with Crippen molar-refractivity contribution in [1.29, 1.82) is 0 Å². The Morgan fingerprint density at radius 3 is 2.43 bits per heavy atom. The first-order chi connectivity index (χ1) is 9.94. The average molecular weight is 288 g/mol. The van der Waals surface area contributed by atoms with Crippen LogP contribution in [0.1, 0.15) is 64.5 Å². The van der Waals surface area contributed by atoms with E-state index < -0.39 is 0 Å². The summed E-state index contributed by atoms with van der Waals surface area (Å²) in [6, 6.07) is 7.78. The topological polar surface area (TPSA) is 55.1 Å². The summed E-state index contributed by atoms with van der Waals surface area (Å²) in [4.78, 5) is 12.9. The normalized spacial score (nSPS) is 18.7. The van der Waals surface area contributed by atoms with E-state index in [9.17, 15) is 4.79 Å². The number of nitrogens with one attached hydrogen (secondary N) is 1. The number of rotatable bonds is 5. The molecule has 1 unspecified atom stereocenters. The molecule has 21 heavy (non-hydrogen) atoms. The molecule has 1 aromatic carbocycles. The number of hydrogen-bond acceptors (Lipinski definition) is 2. The first-order valence-corrected chi connectivity index (χ1v) is 8.10. The minimum absolute atomic E-state index is 0.0777. The van der Waals surface area contributed by atoms with Gasteiger partial charge in [0.15, 0.2) is 0 Å². The van der Waals surface area contributed by atoms with Gasteiger partial charge in [-0.3, -0.25) is 4.79 Å². The van der Waals surface area contributed by atoms with Gasteiger partial charge < -0.3 is 11.1 Å². The molecule has 1 fully saturated rings. The van der Waals surface area contributed by atoms with Crippen LogP contribution in [0.4, 0.5) is 5.69 Å². The second-order valence-corrected chi connectivity index (χ2v) is 6.92. The number of benzene rings is 1. The van der Waals surface area contributed by atoms with E-state index in [1.807, 2.05) is 31.2 Å². The standard InChI is InChI=1S/C18H28N2O/c1-13(2)12-18(10-6-7-11-18)17(21)20-16-9-5-4-8-15(16)14(3)19/h4-5,8-9,13-14H,6-7,10-12,19H2,1-3H3,(H,20,21). The van der Waals surface area contributed by atoms with Crippen LogP contribution in [0.3, 0.4) is 0 Å². The van der Waals surface area contributed by atoms with Crippen LogP contribution in [-0.4, -0.2) is 5.91 Å². The van der Waals surface area contributed by atoms with Crippen molar-refractivity contribution < 1.29 is 4.79 Å². The lowest BCUT2D eigenvalue weighted by Crippen LogP contribution is -2.35. The van der Waals surface area contributed by atoms with E-state index in [-0.39, 0.29) is 17.4 Å². The van der Waals surface area contributed by atoms with E-state index in [0.717, 1.165) is 43.4 Å². The molecule has 3 heteroatoms. The maximum absolute atomic E-state index is 12.9. The number of para-hydroxylation sites is 1. The molecule has 2 rings (SSSR count). The highest BCUT2D eigenvalue weighted by molar-refractivity contribution is 5.96. The van der Waals surface area contributed by atoms with Crippen molar-refractivity contribution in [2.24, 2.45) is 17.1 Å². The predicted octanol–water partition coefficient (Wildman–Crippen LogP) is 4.25. The third kappa shape index (κ3) is 3.65. The second kappa shape index (κ2) is 6.61. The molecule has 3 N–H and O–H groups in total. The lowest BCUT2D eigenvalue weighted by atomic mass is 9.77. The van der Waals surface area contributed by atoms with Gasteiger partial charge in [0.05, 0.1) is 0 Å². The quantitative estimate of drug-likeness (QED) is 0.851. The third-order valence-corrected chi connectivity index (χ3v) is 4.54. The molecule has 3 nitrogen and oxygen atoms in total. The van der Waals surface area contributed by atoms with Crippen molar-refractivity contribution in [3.05, 3.63) is 29.8 Å². The summed E-state index contributed by atoms with van der Waals surface area (Å²) in [7, 11) is 0. The van der Waals surface area contributed by atoms with Crippen LogP contribution in [0, 0.1) is 11.3 Å². The van der Waals surface area contributed by atoms with E-state index in [4.69, 9.17) is 5.73 Å². The van der Waals surface area contributed by atoms with Gasteiger partial charge in [-0.05, 0) is 43.7 Å². The van der Waals surface area contributed by atoms with E-state index in [0.29, 0.717) is 5.92 Å². The second-order valence-electron chi connectivity index (χ2n) is 6.92. The molecular weight excluding hydrogens is 260 g/mol. The zero-order valence-electron chi connectivity index (χ0n) is 13.5. The Morgan fingerprint density at radius 1 is 1.24 bits per heavy atom. The molecule has 0 radical (unpaired) electrons. The smallest absolute Gasteiger partial charge is 0.230 e. The number of nitrogens with two attached hydrogens (primary N) is 1. The maximum atomic E-state index is 12.9. The Kier molecular flexibility index (Phi) is 5.04. The summed E-state index contributed by atoms with van der Waals surface area (Å²) >= 11 is 0. The van der Waals surface area contributed by atoms with Gasteiger partial charge in [0.1, 0.15) is 0 Å². The molecule has 1 atom stereocenters. The monoisotopic (exact) mass is 288 g/mol. The van der Waals surface area contributed by atoms with Gasteiger partial charge in [-0.2, -0.15) is 0 Å². The number of amides is 1. The highest BCUT2D eigenvalue weighted by Crippen LogP contribution is 2.44. The minimum Gasteiger partial charge on any atom is -0.325 e. The van der Waals surface area contributed by atoms with Gasteiger partial charge >= 0.3 is 0 Å². The van der Waals surface area contributed by atoms with Crippen LogP contribution < -0.4 is 11.1 Å². The van der Waals surface area contributed by atoms with E-state index in [2.05, 4.69) is 19.2 Å². The van der Waals surface area contributed by atoms with Crippen molar-refractivity contribution in [2.45, 2.75) is 58.9 Å². The van der Waals surface area contributed by atoms with Crippen molar-refractivity contribution in [3.63, 3.8) is 0 Å². The van der Waals surface area contributed by atoms with Gasteiger partial charge in [-0.15, -0.1) is 0 Å². The van der Waals surface area contributed by atoms with E-state index in [1.54, 1.807) is 0 Å². The summed E-state index contributed by atoms with van der Waals surface area (Å²) < 4.78 is 0. The van der Waals surface area contributed by atoms with Gasteiger partial charge in [0.25, 0.3) is 0 Å². The van der Waals surface area contributed by atoms with Crippen molar-refractivity contribution >= 4 is 11.6 Å². The Balaban J connectivity index is 2.20. The molecule has 116 valence electrons. The zero-order chi connectivity index (χ0) is 15.5. The lowest BCUT2D eigenvalue weighted by Gasteiger charge is -2.30. The first kappa shape index (κ1) is 16.0. The Morgan fingerprint density at radius 2 is 1.86 bits per heavy atom. The van der Waals surface area contributed by atoms with Crippen LogP contribution >= 0.6 is 0 Å². The van der Waals surface area contributed by atoms with Crippen LogP contribution in [0.15, 0.2) is 24.3 Å². The van der Waals surface area contributed by atoms with Crippen LogP contribution in [0.25, 0.3) is 0 Å². The summed E-state index contributed by atoms with van der Waals surface area (Å²) in [5.74, 6) is 0.722. The molecule has 1 saturated carbocycles. The fraction of sp³-hybridized carbons (Fsp3) is 0.611. The van der Waals surface area contributed by atoms with Gasteiger partial charge in [-0.25, -0.2) is 0 Å². The molecule has 1 aliphatic carbocycles. The van der Waals surface area contributed by atoms with Crippen LogP contribution in [-0.2, 0) is 4.79 Å². The molecule has 1 aromatic rings. The SMILES string of the molecule is CC(C)CC1(C(=O)Nc2ccccc2C(C)N)CCCC1. The molecule has 0 aliphatic heterocycles. The summed E-state index contributed by atoms with van der Waals surface area (Å²) in [5, 5.41) is 3.16. The Labute approximate surface area is 128 Å². The molecule has 1 amide bonds. The fourth-order valence-electron chi connectivity index (χ4n) is 3.62. The van der Waals surface area contributed by atoms with E-state index >= 15 is 0 Å². The Hall–Kier alpha value is -1.35. The van der Waals surface area contributed by atoms with Crippen molar-refractivity contribution in [3.8, 4) is 0 Å². The Bertz CT molecular complexity index is 488. The third-order valence-electron chi connectivity index (χ3n) is 4.54. The largest absolute Gasteiger partial charge is 0.325 e. The van der Waals surface area contributed by atoms with Gasteiger partial charge in [0, 0.05) is 17.1 Å². The molecular formula is C18H28N2O. The highest BCUT2D eigenvalue weighted by atomic mass is 16.2. The van der Waals surface area contributed by atoms with Crippen LogP contribution in [0.2, 0.25) is 0 Å². The van der Waals surface area contributed by atoms with Crippen molar-refractivity contribution in [2.75, 3.05) is 5.32 Å². The molecule has 0 spiro atoms. The minimum atomic E-state index is -0.181. The number of carbonyl (C=O) groups excluding carboxylic acids is 1. The lowest BCUT2D eigenvalue weighted by molar-refractivity contribution is -0.126. The molecule has 0 aromatic heterocycles. The maximum Gasteiger partial charge on any atom is 0.230 e. The average Bonchev–Trinajstić information content (AvgIpc) is 2.88. The summed E-state index contributed by atoms with van der Waals surface area (Å²) in [6.45, 7) is 6.34. The fourth-order valence-corrected chi connectivity index (χ4v) is 3.62. The van der Waals surface area contributed by atoms with E-state index in [1.165, 1.54) is 0 Å². The first-order valence-electron chi connectivity index (χ1n) is 8.10. The number of hydrogen-bond donors (Lipinski definition) is 2. The highest BCUT2D eigenvalue weighted by Gasteiger charge is 2.41. The predicted molar refractivity (Wildman–Crippen MR) is 88.0 cm³/mol. The van der Waals surface area contributed by atoms with Crippen molar-refractivity contribution in [1.82, 2.24) is 0 Å². The van der Waals surface area contributed by atoms with Gasteiger partial charge in [0.2, 0.25) is 5.91 Å². The summed E-state index contributed by atoms with van der Waals surface area (Å²) in [6.07, 6.45) is 5.32. The molecule has 1 aliphatic rings. The number of anilines is 1. The molecule has 0 saturated heterocycles. The number of carbonyl (C=O) groups is 1. The zero-order valence-corrected chi connectivity index (χ0v) is 13.5. The summed E-state index contributed by atoms with van der Waals surface area (Å²) in [5.41, 5.74) is 7.70.